The lowest BCUT2D eigenvalue weighted by molar-refractivity contribution is -0.137. The summed E-state index contributed by atoms with van der Waals surface area (Å²) in [5, 5.41) is 3.22. The average Bonchev–Trinajstić information content (AvgIpc) is 2.76. The van der Waals surface area contributed by atoms with E-state index in [2.05, 4.69) is 17.3 Å². The number of hydrogen-bond donors (Lipinski definition) is 1. The SMILES string of the molecule is CN1CCC(CNC2CC(=O)N(C)C2=O)C1. The van der Waals surface area contributed by atoms with Gasteiger partial charge >= 0.3 is 0 Å². The number of amides is 2. The van der Waals surface area contributed by atoms with Crippen molar-refractivity contribution in [3.63, 3.8) is 0 Å². The molecule has 0 aromatic carbocycles. The fourth-order valence-corrected chi connectivity index (χ4v) is 2.42. The molecule has 2 saturated heterocycles. The van der Waals surface area contributed by atoms with Gasteiger partial charge in [-0.15, -0.1) is 0 Å². The minimum atomic E-state index is -0.289. The summed E-state index contributed by atoms with van der Waals surface area (Å²) < 4.78 is 0. The highest BCUT2D eigenvalue weighted by atomic mass is 16.2. The summed E-state index contributed by atoms with van der Waals surface area (Å²) in [6, 6.07) is -0.289. The Morgan fingerprint density at radius 2 is 2.12 bits per heavy atom. The van der Waals surface area contributed by atoms with E-state index in [1.165, 1.54) is 11.3 Å². The van der Waals surface area contributed by atoms with Crippen LogP contribution in [0.3, 0.4) is 0 Å². The molecule has 0 aromatic rings. The smallest absolute Gasteiger partial charge is 0.246 e. The highest BCUT2D eigenvalue weighted by molar-refractivity contribution is 6.05. The van der Waals surface area contributed by atoms with Gasteiger partial charge in [0.1, 0.15) is 0 Å². The number of likely N-dealkylation sites (N-methyl/N-ethyl adjacent to an activating group) is 1. The van der Waals surface area contributed by atoms with Crippen LogP contribution in [-0.4, -0.2) is 61.4 Å². The summed E-state index contributed by atoms with van der Waals surface area (Å²) in [6.45, 7) is 3.04. The monoisotopic (exact) mass is 225 g/mol. The first kappa shape index (κ1) is 11.5. The van der Waals surface area contributed by atoms with Crippen molar-refractivity contribution in [1.82, 2.24) is 15.1 Å². The fourth-order valence-electron chi connectivity index (χ4n) is 2.42. The molecule has 2 fully saturated rings. The Morgan fingerprint density at radius 3 is 2.62 bits per heavy atom. The summed E-state index contributed by atoms with van der Waals surface area (Å²) in [7, 11) is 3.66. The Bertz CT molecular complexity index is 306. The maximum atomic E-state index is 11.6. The quantitative estimate of drug-likeness (QED) is 0.644. The van der Waals surface area contributed by atoms with E-state index in [0.717, 1.165) is 19.6 Å². The Kier molecular flexibility index (Phi) is 3.25. The van der Waals surface area contributed by atoms with Crippen LogP contribution >= 0.6 is 0 Å². The zero-order valence-corrected chi connectivity index (χ0v) is 9.90. The Morgan fingerprint density at radius 1 is 1.38 bits per heavy atom. The minimum absolute atomic E-state index is 0.0777. The van der Waals surface area contributed by atoms with Crippen LogP contribution in [0.15, 0.2) is 0 Å². The molecule has 5 nitrogen and oxygen atoms in total. The maximum absolute atomic E-state index is 11.6. The molecule has 90 valence electrons. The second kappa shape index (κ2) is 4.51. The molecule has 2 aliphatic rings. The van der Waals surface area contributed by atoms with Crippen LogP contribution in [0.4, 0.5) is 0 Å². The Hall–Kier alpha value is -0.940. The zero-order valence-electron chi connectivity index (χ0n) is 9.90. The third-order valence-corrected chi connectivity index (χ3v) is 3.52. The standard InChI is InChI=1S/C11H19N3O2/c1-13-4-3-8(7-13)6-12-9-5-10(15)14(2)11(9)16/h8-9,12H,3-7H2,1-2H3. The first-order valence-electron chi connectivity index (χ1n) is 5.80. The van der Waals surface area contributed by atoms with Gasteiger partial charge in [-0.3, -0.25) is 14.5 Å². The predicted molar refractivity (Wildman–Crippen MR) is 59.8 cm³/mol. The lowest BCUT2D eigenvalue weighted by Gasteiger charge is -2.15. The normalized spacial score (nSPS) is 31.8. The van der Waals surface area contributed by atoms with Crippen molar-refractivity contribution < 1.29 is 9.59 Å². The highest BCUT2D eigenvalue weighted by Crippen LogP contribution is 2.15. The van der Waals surface area contributed by atoms with Crippen LogP contribution in [0, 0.1) is 5.92 Å². The van der Waals surface area contributed by atoms with Crippen molar-refractivity contribution in [1.29, 1.82) is 0 Å². The lowest BCUT2D eigenvalue weighted by Crippen LogP contribution is -2.39. The van der Waals surface area contributed by atoms with Crippen molar-refractivity contribution in [2.75, 3.05) is 33.7 Å². The summed E-state index contributed by atoms with van der Waals surface area (Å²) in [5.74, 6) is 0.446. The minimum Gasteiger partial charge on any atom is -0.306 e. The number of imide groups is 1. The predicted octanol–water partition coefficient (Wildman–Crippen LogP) is -0.715. The Labute approximate surface area is 95.8 Å². The summed E-state index contributed by atoms with van der Waals surface area (Å²) >= 11 is 0. The molecule has 0 saturated carbocycles. The largest absolute Gasteiger partial charge is 0.306 e. The van der Waals surface area contributed by atoms with E-state index >= 15 is 0 Å². The van der Waals surface area contributed by atoms with Gasteiger partial charge in [0, 0.05) is 13.6 Å². The molecular formula is C11H19N3O2. The molecule has 0 aromatic heterocycles. The van der Waals surface area contributed by atoms with Crippen LogP contribution in [0.1, 0.15) is 12.8 Å². The molecule has 2 heterocycles. The average molecular weight is 225 g/mol. The number of nitrogens with one attached hydrogen (secondary N) is 1. The summed E-state index contributed by atoms with van der Waals surface area (Å²) in [4.78, 5) is 26.4. The van der Waals surface area contributed by atoms with Crippen LogP contribution in [-0.2, 0) is 9.59 Å². The number of hydrogen-bond acceptors (Lipinski definition) is 4. The van der Waals surface area contributed by atoms with Gasteiger partial charge in [-0.25, -0.2) is 0 Å². The number of nitrogens with zero attached hydrogens (tertiary/aromatic N) is 2. The van der Waals surface area contributed by atoms with Gasteiger partial charge in [0.25, 0.3) is 0 Å². The number of carbonyl (C=O) groups excluding carboxylic acids is 2. The number of carbonyl (C=O) groups is 2. The maximum Gasteiger partial charge on any atom is 0.246 e. The zero-order chi connectivity index (χ0) is 11.7. The highest BCUT2D eigenvalue weighted by Gasteiger charge is 2.36. The molecule has 2 rings (SSSR count). The van der Waals surface area contributed by atoms with Crippen LogP contribution in [0.25, 0.3) is 0 Å². The van der Waals surface area contributed by atoms with Gasteiger partial charge in [0.15, 0.2) is 0 Å². The molecule has 2 aliphatic heterocycles. The molecule has 0 spiro atoms. The molecule has 2 unspecified atom stereocenters. The summed E-state index contributed by atoms with van der Waals surface area (Å²) in [5.41, 5.74) is 0. The Balaban J connectivity index is 1.78. The first-order chi connectivity index (χ1) is 7.58. The van der Waals surface area contributed by atoms with Gasteiger partial charge in [-0.05, 0) is 32.5 Å². The van der Waals surface area contributed by atoms with E-state index in [0.29, 0.717) is 12.3 Å². The second-order valence-corrected chi connectivity index (χ2v) is 4.87. The number of likely N-dealkylation sites (tertiary alicyclic amines) is 2. The van der Waals surface area contributed by atoms with Gasteiger partial charge < -0.3 is 10.2 Å². The van der Waals surface area contributed by atoms with Crippen LogP contribution in [0.5, 0.6) is 0 Å². The van der Waals surface area contributed by atoms with Crippen molar-refractivity contribution in [2.24, 2.45) is 5.92 Å². The lowest BCUT2D eigenvalue weighted by atomic mass is 10.1. The van der Waals surface area contributed by atoms with E-state index in [-0.39, 0.29) is 17.9 Å². The van der Waals surface area contributed by atoms with Crippen LogP contribution < -0.4 is 5.32 Å². The molecule has 0 radical (unpaired) electrons. The second-order valence-electron chi connectivity index (χ2n) is 4.87. The van der Waals surface area contributed by atoms with Crippen molar-refractivity contribution in [3.05, 3.63) is 0 Å². The molecule has 0 bridgehead atoms. The molecule has 0 aliphatic carbocycles. The van der Waals surface area contributed by atoms with E-state index in [1.54, 1.807) is 7.05 Å². The van der Waals surface area contributed by atoms with Crippen LogP contribution in [0.2, 0.25) is 0 Å². The molecule has 2 atom stereocenters. The molecule has 1 N–H and O–H groups in total. The molecule has 16 heavy (non-hydrogen) atoms. The van der Waals surface area contributed by atoms with Gasteiger partial charge in [-0.1, -0.05) is 0 Å². The van der Waals surface area contributed by atoms with Crippen molar-refractivity contribution in [3.8, 4) is 0 Å². The van der Waals surface area contributed by atoms with Crippen molar-refractivity contribution >= 4 is 11.8 Å². The van der Waals surface area contributed by atoms with E-state index in [4.69, 9.17) is 0 Å². The third-order valence-electron chi connectivity index (χ3n) is 3.52. The molecular weight excluding hydrogens is 206 g/mol. The summed E-state index contributed by atoms with van der Waals surface area (Å²) in [6.07, 6.45) is 1.49. The van der Waals surface area contributed by atoms with Gasteiger partial charge in [0.2, 0.25) is 11.8 Å². The van der Waals surface area contributed by atoms with E-state index < -0.39 is 0 Å². The van der Waals surface area contributed by atoms with E-state index in [1.807, 2.05) is 0 Å². The number of rotatable bonds is 3. The topological polar surface area (TPSA) is 52.7 Å². The fraction of sp³-hybridized carbons (Fsp3) is 0.818. The van der Waals surface area contributed by atoms with Gasteiger partial charge in [-0.2, -0.15) is 0 Å². The van der Waals surface area contributed by atoms with Gasteiger partial charge in [0.05, 0.1) is 12.5 Å². The van der Waals surface area contributed by atoms with E-state index in [9.17, 15) is 9.59 Å². The van der Waals surface area contributed by atoms with Crippen molar-refractivity contribution in [2.45, 2.75) is 18.9 Å². The third kappa shape index (κ3) is 2.25. The first-order valence-corrected chi connectivity index (χ1v) is 5.80. The molecule has 2 amide bonds. The molecule has 5 heteroatoms.